The Morgan fingerprint density at radius 1 is 0.364 bits per heavy atom. The van der Waals surface area contributed by atoms with Crippen molar-refractivity contribution in [1.29, 1.82) is 0 Å². The molecule has 8 aromatic rings. The van der Waals surface area contributed by atoms with Crippen molar-refractivity contribution in [3.63, 3.8) is 0 Å². The number of fused-ring (bicyclic) bond motifs is 13. The summed E-state index contributed by atoms with van der Waals surface area (Å²) in [5, 5.41) is 9.08. The van der Waals surface area contributed by atoms with Crippen molar-refractivity contribution >= 4 is 45.8 Å². The van der Waals surface area contributed by atoms with Gasteiger partial charge >= 0.3 is 0 Å². The van der Waals surface area contributed by atoms with E-state index in [4.69, 9.17) is 0 Å². The Morgan fingerprint density at radius 2 is 1.00 bits per heavy atom. The van der Waals surface area contributed by atoms with Crippen LogP contribution in [0.4, 0.5) is 0 Å². The van der Waals surface area contributed by atoms with Crippen LogP contribution >= 0.6 is 0 Å². The Morgan fingerprint density at radius 3 is 1.75 bits per heavy atom. The van der Waals surface area contributed by atoms with Crippen molar-refractivity contribution in [1.82, 2.24) is 19.9 Å². The number of nitrogens with one attached hydrogen (secondary N) is 4. The SMILES string of the molecule is C1=c2ccc([nH]2)=Cc2[nH]c(c(-c3ccccc3)c2-c2ccccc2)C=c2[nH]c(c3c2ccc2ccccc23)=Cc2ccc1[nH]2. The van der Waals surface area contributed by atoms with Gasteiger partial charge in [0.25, 0.3) is 0 Å². The molecular weight excluding hydrogens is 536 g/mol. The van der Waals surface area contributed by atoms with E-state index in [0.29, 0.717) is 0 Å². The lowest BCUT2D eigenvalue weighted by Gasteiger charge is -2.08. The number of rotatable bonds is 2. The van der Waals surface area contributed by atoms with Gasteiger partial charge in [0.2, 0.25) is 0 Å². The fourth-order valence-electron chi connectivity index (χ4n) is 6.67. The highest BCUT2D eigenvalue weighted by Gasteiger charge is 2.19. The zero-order chi connectivity index (χ0) is 29.0. The minimum atomic E-state index is 1.03. The summed E-state index contributed by atoms with van der Waals surface area (Å²) in [5.41, 5.74) is 8.88. The average Bonchev–Trinajstić information content (AvgIpc) is 3.85. The first-order valence-electron chi connectivity index (χ1n) is 14.9. The number of hydrogen-bond donors (Lipinski definition) is 4. The predicted molar refractivity (Wildman–Crippen MR) is 182 cm³/mol. The number of hydrogen-bond acceptors (Lipinski definition) is 0. The molecule has 208 valence electrons. The van der Waals surface area contributed by atoms with Gasteiger partial charge in [-0.05, 0) is 70.5 Å². The van der Waals surface area contributed by atoms with E-state index in [0.717, 1.165) is 44.2 Å². The molecular formula is C40H28N4. The molecule has 4 heteroatoms. The third kappa shape index (κ3) is 4.08. The molecule has 0 fully saturated rings. The van der Waals surface area contributed by atoms with Crippen LogP contribution in [-0.2, 0) is 0 Å². The normalized spacial score (nSPS) is 12.4. The van der Waals surface area contributed by atoms with E-state index >= 15 is 0 Å². The van der Waals surface area contributed by atoms with Crippen LogP contribution in [0.2, 0.25) is 0 Å². The lowest BCUT2D eigenvalue weighted by atomic mass is 9.94. The van der Waals surface area contributed by atoms with E-state index in [2.05, 4.69) is 166 Å². The van der Waals surface area contributed by atoms with Crippen LogP contribution < -0.4 is 21.4 Å². The van der Waals surface area contributed by atoms with Gasteiger partial charge in [-0.1, -0.05) is 97.1 Å². The van der Waals surface area contributed by atoms with Crippen LogP contribution in [0.5, 0.6) is 0 Å². The van der Waals surface area contributed by atoms with Gasteiger partial charge in [-0.25, -0.2) is 0 Å². The van der Waals surface area contributed by atoms with Gasteiger partial charge in [0.1, 0.15) is 0 Å². The Labute approximate surface area is 253 Å². The third-order valence-corrected chi connectivity index (χ3v) is 8.60. The van der Waals surface area contributed by atoms with Crippen LogP contribution in [0, 0.1) is 0 Å². The van der Waals surface area contributed by atoms with E-state index in [-0.39, 0.29) is 0 Å². The molecule has 9 rings (SSSR count). The summed E-state index contributed by atoms with van der Waals surface area (Å²) in [6.45, 7) is 0. The van der Waals surface area contributed by atoms with E-state index in [1.807, 2.05) is 0 Å². The number of aromatic amines is 4. The summed E-state index contributed by atoms with van der Waals surface area (Å²) in [6.07, 6.45) is 8.86. The molecule has 5 heterocycles. The van der Waals surface area contributed by atoms with Gasteiger partial charge in [-0.3, -0.25) is 0 Å². The van der Waals surface area contributed by atoms with Gasteiger partial charge in [-0.15, -0.1) is 0 Å². The van der Waals surface area contributed by atoms with E-state index in [9.17, 15) is 0 Å². The maximum atomic E-state index is 3.85. The summed E-state index contributed by atoms with van der Waals surface area (Å²) in [6, 6.07) is 43.0. The first-order chi connectivity index (χ1) is 21.8. The summed E-state index contributed by atoms with van der Waals surface area (Å²) in [7, 11) is 0. The standard InChI is InChI=1S/C40H28N4/c1-3-10-26(11-4-1)38-35-22-30-18-16-28(41-30)21-29-17-19-31(42-29)23-36-40-32-14-8-7-9-25(32)15-20-33(40)34(43-36)24-37(44-35)39(38)27-12-5-2-6-13-27/h1-24,41-44H. The molecule has 4 nitrogen and oxygen atoms in total. The Hall–Kier alpha value is -6.00. The molecule has 0 spiro atoms. The average molecular weight is 565 g/mol. The van der Waals surface area contributed by atoms with Crippen molar-refractivity contribution in [3.05, 3.63) is 165 Å². The van der Waals surface area contributed by atoms with E-state index in [1.54, 1.807) is 0 Å². The monoisotopic (exact) mass is 564 g/mol. The highest BCUT2D eigenvalue weighted by molar-refractivity contribution is 6.08. The molecule has 1 aliphatic rings. The molecule has 0 atom stereocenters. The highest BCUT2D eigenvalue weighted by atomic mass is 14.8. The van der Waals surface area contributed by atoms with Crippen LogP contribution in [0.25, 0.3) is 68.1 Å². The fourth-order valence-corrected chi connectivity index (χ4v) is 6.67. The molecule has 0 amide bonds. The molecule has 0 saturated carbocycles. The molecule has 4 aromatic carbocycles. The van der Waals surface area contributed by atoms with E-state index in [1.165, 1.54) is 43.8 Å². The quantitative estimate of drug-likeness (QED) is 0.191. The second-order valence-electron chi connectivity index (χ2n) is 11.4. The van der Waals surface area contributed by atoms with Crippen LogP contribution in [0.3, 0.4) is 0 Å². The minimum absolute atomic E-state index is 1.03. The molecule has 0 aliphatic carbocycles. The van der Waals surface area contributed by atoms with Crippen molar-refractivity contribution in [2.75, 3.05) is 0 Å². The Bertz CT molecular complexity index is 2590. The van der Waals surface area contributed by atoms with Crippen LogP contribution in [0.1, 0.15) is 22.8 Å². The van der Waals surface area contributed by atoms with Crippen LogP contribution in [0.15, 0.2) is 121 Å². The van der Waals surface area contributed by atoms with Gasteiger partial charge in [0.05, 0.1) is 0 Å². The third-order valence-electron chi connectivity index (χ3n) is 8.60. The molecule has 4 aromatic heterocycles. The highest BCUT2D eigenvalue weighted by Crippen LogP contribution is 2.39. The molecule has 0 radical (unpaired) electrons. The zero-order valence-corrected chi connectivity index (χ0v) is 23.9. The zero-order valence-electron chi connectivity index (χ0n) is 23.9. The van der Waals surface area contributed by atoms with E-state index < -0.39 is 0 Å². The maximum absolute atomic E-state index is 3.85. The summed E-state index contributed by atoms with van der Waals surface area (Å²) in [4.78, 5) is 14.9. The van der Waals surface area contributed by atoms with Gasteiger partial charge < -0.3 is 19.9 Å². The second kappa shape index (κ2) is 9.79. The Kier molecular flexibility index (Phi) is 5.47. The fraction of sp³-hybridized carbons (Fsp3) is 0. The van der Waals surface area contributed by atoms with Crippen molar-refractivity contribution < 1.29 is 0 Å². The first-order valence-corrected chi connectivity index (χ1v) is 14.9. The molecule has 4 N–H and O–H groups in total. The lowest BCUT2D eigenvalue weighted by molar-refractivity contribution is 1.23. The topological polar surface area (TPSA) is 63.2 Å². The molecule has 0 saturated heterocycles. The Balaban J connectivity index is 1.47. The summed E-state index contributed by atoms with van der Waals surface area (Å²) >= 11 is 0. The minimum Gasteiger partial charge on any atom is -0.355 e. The number of benzene rings is 4. The number of aromatic nitrogens is 4. The van der Waals surface area contributed by atoms with Crippen molar-refractivity contribution in [3.8, 4) is 22.3 Å². The predicted octanol–water partition coefficient (Wildman–Crippen LogP) is 6.27. The molecule has 44 heavy (non-hydrogen) atoms. The van der Waals surface area contributed by atoms with Gasteiger partial charge in [0, 0.05) is 66.1 Å². The summed E-state index contributed by atoms with van der Waals surface area (Å²) < 4.78 is 0. The van der Waals surface area contributed by atoms with Crippen molar-refractivity contribution in [2.45, 2.75) is 0 Å². The summed E-state index contributed by atoms with van der Waals surface area (Å²) in [5.74, 6) is 0. The molecule has 0 unspecified atom stereocenters. The van der Waals surface area contributed by atoms with Gasteiger partial charge in [-0.2, -0.15) is 0 Å². The second-order valence-corrected chi connectivity index (χ2v) is 11.4. The number of H-pyrrole nitrogens is 4. The largest absolute Gasteiger partial charge is 0.355 e. The van der Waals surface area contributed by atoms with Crippen LogP contribution in [-0.4, -0.2) is 19.9 Å². The first kappa shape index (κ1) is 24.6. The van der Waals surface area contributed by atoms with Crippen molar-refractivity contribution in [2.24, 2.45) is 0 Å². The molecule has 8 bridgehead atoms. The smallest absolute Gasteiger partial charge is 0.0492 e. The maximum Gasteiger partial charge on any atom is 0.0492 e. The van der Waals surface area contributed by atoms with Gasteiger partial charge in [0.15, 0.2) is 0 Å². The molecule has 1 aliphatic heterocycles. The lowest BCUT2D eigenvalue weighted by Crippen LogP contribution is -2.11.